The van der Waals surface area contributed by atoms with Crippen molar-refractivity contribution >= 4 is 28.2 Å². The van der Waals surface area contributed by atoms with E-state index in [1.165, 1.54) is 24.3 Å². The van der Waals surface area contributed by atoms with Gasteiger partial charge in [0, 0.05) is 5.56 Å². The van der Waals surface area contributed by atoms with Crippen molar-refractivity contribution in [3.05, 3.63) is 52.2 Å². The normalized spacial score (nSPS) is 10.2. The van der Waals surface area contributed by atoms with E-state index in [4.69, 9.17) is 5.11 Å². The number of nitrogens with one attached hydrogen (secondary N) is 1. The molecule has 0 bridgehead atoms. The SMILES string of the molecule is Cc1cc(C(=O)Nc2sccc2C(=O)O)ccc1F. The van der Waals surface area contributed by atoms with Crippen LogP contribution in [0.2, 0.25) is 0 Å². The molecule has 0 radical (unpaired) electrons. The smallest absolute Gasteiger partial charge is 0.338 e. The Kier molecular flexibility index (Phi) is 3.62. The number of carboxylic acids is 1. The third kappa shape index (κ3) is 2.79. The van der Waals surface area contributed by atoms with Gasteiger partial charge in [-0.05, 0) is 42.1 Å². The molecule has 2 rings (SSSR count). The molecule has 4 nitrogen and oxygen atoms in total. The lowest BCUT2D eigenvalue weighted by Gasteiger charge is -2.05. The number of aromatic carboxylic acids is 1. The number of carboxylic acid groups (broad SMARTS) is 1. The molecule has 1 heterocycles. The van der Waals surface area contributed by atoms with Crippen LogP contribution >= 0.6 is 11.3 Å². The van der Waals surface area contributed by atoms with Crippen molar-refractivity contribution in [2.75, 3.05) is 5.32 Å². The maximum absolute atomic E-state index is 13.1. The molecule has 0 aliphatic heterocycles. The number of halogens is 1. The van der Waals surface area contributed by atoms with E-state index in [-0.39, 0.29) is 21.9 Å². The van der Waals surface area contributed by atoms with E-state index >= 15 is 0 Å². The Labute approximate surface area is 112 Å². The predicted molar refractivity (Wildman–Crippen MR) is 70.4 cm³/mol. The molecule has 6 heteroatoms. The van der Waals surface area contributed by atoms with Gasteiger partial charge >= 0.3 is 5.97 Å². The molecular formula is C13H10FNO3S. The van der Waals surface area contributed by atoms with E-state index in [2.05, 4.69) is 5.32 Å². The number of thiophene rings is 1. The summed E-state index contributed by atoms with van der Waals surface area (Å²) in [6, 6.07) is 5.39. The van der Waals surface area contributed by atoms with Crippen LogP contribution in [0.15, 0.2) is 29.6 Å². The van der Waals surface area contributed by atoms with Crippen LogP contribution in [-0.4, -0.2) is 17.0 Å². The molecule has 0 fully saturated rings. The summed E-state index contributed by atoms with van der Waals surface area (Å²) in [4.78, 5) is 22.8. The first-order valence-electron chi connectivity index (χ1n) is 5.37. The number of carbonyl (C=O) groups excluding carboxylic acids is 1. The van der Waals surface area contributed by atoms with Crippen molar-refractivity contribution < 1.29 is 19.1 Å². The zero-order valence-corrected chi connectivity index (χ0v) is 10.8. The van der Waals surface area contributed by atoms with Gasteiger partial charge in [-0.1, -0.05) is 0 Å². The van der Waals surface area contributed by atoms with Crippen molar-refractivity contribution in [2.45, 2.75) is 6.92 Å². The molecular weight excluding hydrogens is 269 g/mol. The molecule has 98 valence electrons. The van der Waals surface area contributed by atoms with Crippen LogP contribution in [0.5, 0.6) is 0 Å². The third-order valence-electron chi connectivity index (χ3n) is 2.54. The minimum absolute atomic E-state index is 0.0391. The summed E-state index contributed by atoms with van der Waals surface area (Å²) in [7, 11) is 0. The van der Waals surface area contributed by atoms with E-state index in [9.17, 15) is 14.0 Å². The summed E-state index contributed by atoms with van der Waals surface area (Å²) in [5.74, 6) is -1.96. The molecule has 0 saturated carbocycles. The van der Waals surface area contributed by atoms with E-state index in [1.54, 1.807) is 12.3 Å². The number of anilines is 1. The van der Waals surface area contributed by atoms with Gasteiger partial charge in [-0.15, -0.1) is 11.3 Å². The van der Waals surface area contributed by atoms with E-state index in [0.29, 0.717) is 5.56 Å². The van der Waals surface area contributed by atoms with Gasteiger partial charge in [-0.25, -0.2) is 9.18 Å². The second-order valence-corrected chi connectivity index (χ2v) is 4.80. The van der Waals surface area contributed by atoms with Crippen molar-refractivity contribution in [3.8, 4) is 0 Å². The standard InChI is InChI=1S/C13H10FNO3S/c1-7-6-8(2-3-10(7)14)11(16)15-12-9(13(17)18)4-5-19-12/h2-6H,1H3,(H,15,16)(H,17,18). The van der Waals surface area contributed by atoms with Crippen LogP contribution in [0.1, 0.15) is 26.3 Å². The zero-order chi connectivity index (χ0) is 14.0. The number of hydrogen-bond donors (Lipinski definition) is 2. The summed E-state index contributed by atoms with van der Waals surface area (Å²) in [5, 5.41) is 13.3. The number of benzene rings is 1. The fraction of sp³-hybridized carbons (Fsp3) is 0.0769. The lowest BCUT2D eigenvalue weighted by Crippen LogP contribution is -2.13. The molecule has 2 aromatic rings. The first-order valence-corrected chi connectivity index (χ1v) is 6.25. The second kappa shape index (κ2) is 5.19. The Bertz CT molecular complexity index is 651. The Morgan fingerprint density at radius 2 is 2.05 bits per heavy atom. The van der Waals surface area contributed by atoms with Gasteiger partial charge < -0.3 is 10.4 Å². The van der Waals surface area contributed by atoms with E-state index < -0.39 is 11.9 Å². The zero-order valence-electron chi connectivity index (χ0n) is 9.94. The third-order valence-corrected chi connectivity index (χ3v) is 3.37. The topological polar surface area (TPSA) is 66.4 Å². The molecule has 1 aromatic heterocycles. The first kappa shape index (κ1) is 13.2. The Hall–Kier alpha value is -2.21. The summed E-state index contributed by atoms with van der Waals surface area (Å²) < 4.78 is 13.1. The number of carbonyl (C=O) groups is 2. The van der Waals surface area contributed by atoms with Gasteiger partial charge in [0.05, 0.1) is 5.56 Å². The molecule has 0 saturated heterocycles. The number of rotatable bonds is 3. The number of hydrogen-bond acceptors (Lipinski definition) is 3. The number of amides is 1. The molecule has 0 aliphatic rings. The van der Waals surface area contributed by atoms with Gasteiger partial charge in [0.2, 0.25) is 0 Å². The summed E-state index contributed by atoms with van der Waals surface area (Å²) in [5.41, 5.74) is 0.679. The largest absolute Gasteiger partial charge is 0.478 e. The van der Waals surface area contributed by atoms with Crippen LogP contribution in [0, 0.1) is 12.7 Å². The average molecular weight is 279 g/mol. The Morgan fingerprint density at radius 1 is 1.32 bits per heavy atom. The van der Waals surface area contributed by atoms with Gasteiger partial charge in [0.25, 0.3) is 5.91 Å². The molecule has 1 aromatic carbocycles. The summed E-state index contributed by atoms with van der Waals surface area (Å²) in [6.45, 7) is 1.56. The van der Waals surface area contributed by atoms with Crippen molar-refractivity contribution in [1.82, 2.24) is 0 Å². The van der Waals surface area contributed by atoms with Crippen molar-refractivity contribution in [1.29, 1.82) is 0 Å². The van der Waals surface area contributed by atoms with E-state index in [1.807, 2.05) is 0 Å². The highest BCUT2D eigenvalue weighted by molar-refractivity contribution is 7.14. The van der Waals surface area contributed by atoms with Crippen LogP contribution in [0.3, 0.4) is 0 Å². The van der Waals surface area contributed by atoms with E-state index in [0.717, 1.165) is 11.3 Å². The highest BCUT2D eigenvalue weighted by Gasteiger charge is 2.15. The highest BCUT2D eigenvalue weighted by atomic mass is 32.1. The van der Waals surface area contributed by atoms with Crippen LogP contribution in [-0.2, 0) is 0 Å². The molecule has 1 amide bonds. The summed E-state index contributed by atoms with van der Waals surface area (Å²) in [6.07, 6.45) is 0. The average Bonchev–Trinajstić information content (AvgIpc) is 2.80. The summed E-state index contributed by atoms with van der Waals surface area (Å²) >= 11 is 1.12. The van der Waals surface area contributed by atoms with Gasteiger partial charge in [0.15, 0.2) is 0 Å². The predicted octanol–water partition coefficient (Wildman–Crippen LogP) is 3.15. The van der Waals surface area contributed by atoms with Crippen molar-refractivity contribution in [3.63, 3.8) is 0 Å². The molecule has 0 atom stereocenters. The minimum atomic E-state index is -1.10. The monoisotopic (exact) mass is 279 g/mol. The maximum Gasteiger partial charge on any atom is 0.338 e. The van der Waals surface area contributed by atoms with Crippen LogP contribution in [0.25, 0.3) is 0 Å². The maximum atomic E-state index is 13.1. The lowest BCUT2D eigenvalue weighted by atomic mass is 10.1. The fourth-order valence-electron chi connectivity index (χ4n) is 1.54. The lowest BCUT2D eigenvalue weighted by molar-refractivity contribution is 0.0698. The molecule has 0 unspecified atom stereocenters. The number of aryl methyl sites for hydroxylation is 1. The molecule has 2 N–H and O–H groups in total. The molecule has 0 aliphatic carbocycles. The van der Waals surface area contributed by atoms with Crippen LogP contribution in [0.4, 0.5) is 9.39 Å². The minimum Gasteiger partial charge on any atom is -0.478 e. The van der Waals surface area contributed by atoms with Gasteiger partial charge in [-0.3, -0.25) is 4.79 Å². The Morgan fingerprint density at radius 3 is 2.68 bits per heavy atom. The quantitative estimate of drug-likeness (QED) is 0.907. The second-order valence-electron chi connectivity index (χ2n) is 3.89. The fourth-order valence-corrected chi connectivity index (χ4v) is 2.31. The first-order chi connectivity index (χ1) is 8.99. The molecule has 19 heavy (non-hydrogen) atoms. The molecule has 0 spiro atoms. The van der Waals surface area contributed by atoms with Gasteiger partial charge in [-0.2, -0.15) is 0 Å². The highest BCUT2D eigenvalue weighted by Crippen LogP contribution is 2.24. The Balaban J connectivity index is 2.23. The van der Waals surface area contributed by atoms with Gasteiger partial charge in [0.1, 0.15) is 10.8 Å². The van der Waals surface area contributed by atoms with Crippen molar-refractivity contribution in [2.24, 2.45) is 0 Å². The van der Waals surface area contributed by atoms with Crippen LogP contribution < -0.4 is 5.32 Å².